The van der Waals surface area contributed by atoms with Crippen molar-refractivity contribution in [3.05, 3.63) is 39.3 Å². The highest BCUT2D eigenvalue weighted by atomic mass is 32.2. The number of hydrazone groups is 1. The summed E-state index contributed by atoms with van der Waals surface area (Å²) in [5, 5.41) is 25.9. The predicted octanol–water partition coefficient (Wildman–Crippen LogP) is -1.36. The molecule has 2 fully saturated rings. The number of aromatic nitrogens is 2. The van der Waals surface area contributed by atoms with Gasteiger partial charge in [0, 0.05) is 0 Å². The maximum Gasteiger partial charge on any atom is 0.357 e. The second-order valence-corrected chi connectivity index (χ2v) is 12.8. The van der Waals surface area contributed by atoms with E-state index in [1.807, 2.05) is 0 Å². The van der Waals surface area contributed by atoms with Crippen molar-refractivity contribution in [2.75, 3.05) is 23.0 Å². The Bertz CT molecular complexity index is 1490. The molecule has 1 amide bonds. The maximum atomic E-state index is 12.8. The Morgan fingerprint density at radius 3 is 2.09 bits per heavy atom. The van der Waals surface area contributed by atoms with Gasteiger partial charge in [-0.15, -0.1) is 0 Å². The quantitative estimate of drug-likeness (QED) is 0.369. The van der Waals surface area contributed by atoms with Gasteiger partial charge in [0.25, 0.3) is 11.5 Å². The van der Waals surface area contributed by atoms with E-state index in [1.165, 1.54) is 0 Å². The molecule has 4 rings (SSSR count). The van der Waals surface area contributed by atoms with Crippen LogP contribution in [-0.2, 0) is 29.3 Å². The fourth-order valence-corrected chi connectivity index (χ4v) is 7.61. The molecule has 2 atom stereocenters. The van der Waals surface area contributed by atoms with Gasteiger partial charge in [-0.25, -0.2) is 36.1 Å². The first-order valence-electron chi connectivity index (χ1n) is 10.3. The number of hydrogen-bond acceptors (Lipinski definition) is 9. The van der Waals surface area contributed by atoms with Gasteiger partial charge in [0.05, 0.1) is 46.2 Å². The minimum absolute atomic E-state index is 0.106. The Hall–Kier alpha value is -3.53. The Labute approximate surface area is 198 Å². The van der Waals surface area contributed by atoms with Gasteiger partial charge < -0.3 is 10.2 Å². The van der Waals surface area contributed by atoms with Gasteiger partial charge in [-0.2, -0.15) is 5.10 Å². The molecule has 0 aliphatic carbocycles. The summed E-state index contributed by atoms with van der Waals surface area (Å²) in [4.78, 5) is 48.8. The van der Waals surface area contributed by atoms with Crippen LogP contribution in [0, 0.1) is 0 Å². The van der Waals surface area contributed by atoms with Gasteiger partial charge in [-0.1, -0.05) is 6.08 Å². The van der Waals surface area contributed by atoms with Crippen LogP contribution in [0.25, 0.3) is 6.08 Å². The van der Waals surface area contributed by atoms with E-state index < -0.39 is 66.6 Å². The number of aliphatic carboxylic acids is 1. The van der Waals surface area contributed by atoms with E-state index in [1.54, 1.807) is 0 Å². The van der Waals surface area contributed by atoms with Crippen LogP contribution < -0.4 is 5.56 Å². The van der Waals surface area contributed by atoms with E-state index in [0.29, 0.717) is 0 Å². The number of carboxylic acids is 2. The van der Waals surface area contributed by atoms with Crippen LogP contribution in [0.2, 0.25) is 0 Å². The van der Waals surface area contributed by atoms with Crippen LogP contribution in [0.15, 0.2) is 27.6 Å². The van der Waals surface area contributed by atoms with Crippen LogP contribution in [0.4, 0.5) is 0 Å². The van der Waals surface area contributed by atoms with Gasteiger partial charge in [0.2, 0.25) is 0 Å². The summed E-state index contributed by atoms with van der Waals surface area (Å²) in [7, 11) is -6.73. The molecule has 1 aromatic rings. The van der Waals surface area contributed by atoms with Crippen molar-refractivity contribution in [2.45, 2.75) is 24.9 Å². The Morgan fingerprint density at radius 1 is 0.971 bits per heavy atom. The van der Waals surface area contributed by atoms with Crippen molar-refractivity contribution < 1.29 is 41.4 Å². The minimum Gasteiger partial charge on any atom is -0.477 e. The first-order valence-corrected chi connectivity index (χ1v) is 14.0. The summed E-state index contributed by atoms with van der Waals surface area (Å²) in [6.07, 6.45) is 3.45. The number of aromatic amines is 1. The third-order valence-corrected chi connectivity index (χ3v) is 9.42. The lowest BCUT2D eigenvalue weighted by Crippen LogP contribution is -2.34. The second kappa shape index (κ2) is 8.60. The third kappa shape index (κ3) is 4.70. The number of amides is 1. The van der Waals surface area contributed by atoms with Gasteiger partial charge in [-0.3, -0.25) is 14.7 Å². The van der Waals surface area contributed by atoms with Crippen molar-refractivity contribution in [1.29, 1.82) is 0 Å². The van der Waals surface area contributed by atoms with Gasteiger partial charge in [0.15, 0.2) is 31.1 Å². The monoisotopic (exact) mass is 528 g/mol. The number of sulfone groups is 2. The molecule has 4 heterocycles. The second-order valence-electron chi connectivity index (χ2n) is 8.34. The number of nitrogens with zero attached hydrogens (tertiary/aromatic N) is 3. The normalized spacial score (nSPS) is 26.6. The lowest BCUT2D eigenvalue weighted by Gasteiger charge is -2.17. The molecule has 35 heavy (non-hydrogen) atoms. The van der Waals surface area contributed by atoms with Crippen LogP contribution in [0.3, 0.4) is 0 Å². The van der Waals surface area contributed by atoms with E-state index in [0.717, 1.165) is 27.9 Å². The largest absolute Gasteiger partial charge is 0.477 e. The number of allylic oxidation sites excluding steroid dienone is 2. The molecule has 0 aromatic carbocycles. The number of aromatic carboxylic acids is 1. The number of hydrogen-bond donors (Lipinski definition) is 3. The average molecular weight is 529 g/mol. The van der Waals surface area contributed by atoms with Crippen molar-refractivity contribution in [1.82, 2.24) is 14.8 Å². The maximum absolute atomic E-state index is 12.8. The molecule has 3 aliphatic rings. The number of carboxylic acid groups (broad SMARTS) is 2. The van der Waals surface area contributed by atoms with Gasteiger partial charge >= 0.3 is 11.9 Å². The molecule has 0 saturated carbocycles. The Morgan fingerprint density at radius 2 is 1.57 bits per heavy atom. The molecule has 3 N–H and O–H groups in total. The first-order chi connectivity index (χ1) is 16.3. The number of H-pyrrole nitrogens is 1. The highest BCUT2D eigenvalue weighted by Gasteiger charge is 2.42. The predicted molar refractivity (Wildman–Crippen MR) is 120 cm³/mol. The molecule has 0 spiro atoms. The molecular weight excluding hydrogens is 508 g/mol. The summed E-state index contributed by atoms with van der Waals surface area (Å²) in [5.41, 5.74) is -2.60. The van der Waals surface area contributed by atoms with E-state index in [2.05, 4.69) is 10.2 Å². The zero-order chi connectivity index (χ0) is 25.7. The molecule has 0 bridgehead atoms. The van der Waals surface area contributed by atoms with Crippen LogP contribution in [0.1, 0.15) is 34.9 Å². The first kappa shape index (κ1) is 24.6. The summed E-state index contributed by atoms with van der Waals surface area (Å²) >= 11 is 0. The lowest BCUT2D eigenvalue weighted by atomic mass is 10.1. The minimum atomic E-state index is -3.37. The molecule has 188 valence electrons. The standard InChI is InChI=1S/C19H20N4O10S2/c24-16-12(14(18(26)27)20-22(16)10-4-6-34(30,31)8-10)2-1-3-13-15(19(28)29)21-23(17(13)25)11-5-7-35(32,33)9-11/h1-3,10-11,20H,4-9H2,(H,26,27)(H,28,29)/b2-1+,13-3+. The van der Waals surface area contributed by atoms with Gasteiger partial charge in [-0.05, 0) is 25.0 Å². The summed E-state index contributed by atoms with van der Waals surface area (Å²) < 4.78 is 47.9. The smallest absolute Gasteiger partial charge is 0.357 e. The van der Waals surface area contributed by atoms with E-state index >= 15 is 0 Å². The Kier molecular flexibility index (Phi) is 6.04. The number of rotatable bonds is 6. The molecule has 2 unspecified atom stereocenters. The molecular formula is C19H20N4O10S2. The summed E-state index contributed by atoms with van der Waals surface area (Å²) in [5.74, 6) is -4.81. The fourth-order valence-electron chi connectivity index (χ4n) is 4.22. The molecule has 0 radical (unpaired) electrons. The topological polar surface area (TPSA) is 213 Å². The SMILES string of the molecule is O=C(O)C1=NN(C2CCS(=O)(=O)C2)C(=O)/C1=C/C=C/c1c(C(=O)O)[nH]n(C2CCS(=O)(=O)C2)c1=O. The highest BCUT2D eigenvalue weighted by Crippen LogP contribution is 2.26. The number of carbonyl (C=O) groups excluding carboxylic acids is 1. The molecule has 16 heteroatoms. The molecule has 3 aliphatic heterocycles. The summed E-state index contributed by atoms with van der Waals surface area (Å²) in [6.45, 7) is 0. The molecule has 1 aromatic heterocycles. The summed E-state index contributed by atoms with van der Waals surface area (Å²) in [6, 6.07) is -1.57. The van der Waals surface area contributed by atoms with Crippen molar-refractivity contribution >= 4 is 49.3 Å². The van der Waals surface area contributed by atoms with Crippen molar-refractivity contribution in [3.8, 4) is 0 Å². The van der Waals surface area contributed by atoms with Crippen LogP contribution >= 0.6 is 0 Å². The Balaban J connectivity index is 1.65. The van der Waals surface area contributed by atoms with Crippen molar-refractivity contribution in [3.63, 3.8) is 0 Å². The van der Waals surface area contributed by atoms with Gasteiger partial charge in [0.1, 0.15) is 0 Å². The zero-order valence-corrected chi connectivity index (χ0v) is 19.6. The molecule has 2 saturated heterocycles. The average Bonchev–Trinajstić information content (AvgIpc) is 3.47. The van der Waals surface area contributed by atoms with Crippen LogP contribution in [-0.4, -0.2) is 94.4 Å². The van der Waals surface area contributed by atoms with E-state index in [-0.39, 0.29) is 47.0 Å². The van der Waals surface area contributed by atoms with Crippen LogP contribution in [0.5, 0.6) is 0 Å². The lowest BCUT2D eigenvalue weighted by molar-refractivity contribution is -0.129. The number of nitrogens with one attached hydrogen (secondary N) is 1. The molecule has 14 nitrogen and oxygen atoms in total. The number of carbonyl (C=O) groups is 3. The van der Waals surface area contributed by atoms with Crippen molar-refractivity contribution in [2.24, 2.45) is 5.10 Å². The highest BCUT2D eigenvalue weighted by molar-refractivity contribution is 7.91. The zero-order valence-electron chi connectivity index (χ0n) is 17.9. The fraction of sp³-hybridized carbons (Fsp3) is 0.421. The third-order valence-electron chi connectivity index (χ3n) is 5.92. The van der Waals surface area contributed by atoms with E-state index in [4.69, 9.17) is 0 Å². The van der Waals surface area contributed by atoms with E-state index in [9.17, 15) is 46.2 Å².